The minimum absolute atomic E-state index is 0.0804. The van der Waals surface area contributed by atoms with E-state index in [4.69, 9.17) is 13.5 Å². The summed E-state index contributed by atoms with van der Waals surface area (Å²) in [5, 5.41) is 7.98. The van der Waals surface area contributed by atoms with Crippen LogP contribution < -0.4 is 14.8 Å². The van der Waals surface area contributed by atoms with Gasteiger partial charge in [-0.15, -0.1) is 4.36 Å². The molecule has 0 fully saturated rings. The number of benzene rings is 4. The van der Waals surface area contributed by atoms with Crippen LogP contribution in [0, 0.1) is 0 Å². The lowest BCUT2D eigenvalue weighted by Gasteiger charge is -2.37. The van der Waals surface area contributed by atoms with Gasteiger partial charge in [-0.3, -0.25) is 0 Å². The van der Waals surface area contributed by atoms with Crippen molar-refractivity contribution in [3.63, 3.8) is 0 Å². The van der Waals surface area contributed by atoms with Gasteiger partial charge in [0.25, 0.3) is 0 Å². The molecular formula is C46H55N5O4SSi. The van der Waals surface area contributed by atoms with Crippen molar-refractivity contribution in [1.82, 2.24) is 14.5 Å². The molecular weight excluding hydrogens is 747 g/mol. The molecule has 0 saturated heterocycles. The SMILES string of the molecule is CC1(C)Cn2ncc(S(=O)(=NC(=O)Nc3c4c(cc5c3[C@H](CO[Si](C)(C)C(C)(C)C)CC5)CCC4)NC(c3ccccc3)(c3ccccc3)c3ccccc3)c2O1. The molecule has 5 aromatic rings. The van der Waals surface area contributed by atoms with Crippen molar-refractivity contribution in [2.24, 2.45) is 4.36 Å². The molecule has 2 N–H and O–H groups in total. The number of hydrogen-bond donors (Lipinski definition) is 2. The Morgan fingerprint density at radius 1 is 0.930 bits per heavy atom. The predicted octanol–water partition coefficient (Wildman–Crippen LogP) is 10.2. The molecule has 2 aliphatic carbocycles. The molecule has 0 saturated carbocycles. The summed E-state index contributed by atoms with van der Waals surface area (Å²) in [5.41, 5.74) is 6.33. The number of fused-ring (bicyclic) bond motifs is 3. The molecule has 0 spiro atoms. The van der Waals surface area contributed by atoms with Crippen LogP contribution in [0.5, 0.6) is 5.88 Å². The summed E-state index contributed by atoms with van der Waals surface area (Å²) >= 11 is 0. The molecule has 1 unspecified atom stereocenters. The highest BCUT2D eigenvalue weighted by Crippen LogP contribution is 2.47. The summed E-state index contributed by atoms with van der Waals surface area (Å²) in [6, 6.07) is 31.4. The summed E-state index contributed by atoms with van der Waals surface area (Å²) < 4.78 is 39.6. The van der Waals surface area contributed by atoms with Gasteiger partial charge < -0.3 is 14.5 Å². The van der Waals surface area contributed by atoms with E-state index in [-0.39, 0.29) is 15.9 Å². The highest BCUT2D eigenvalue weighted by Gasteiger charge is 2.44. The zero-order chi connectivity index (χ0) is 40.2. The fourth-order valence-electron chi connectivity index (χ4n) is 8.54. The van der Waals surface area contributed by atoms with E-state index in [9.17, 15) is 4.79 Å². The molecule has 1 aliphatic heterocycles. The number of nitrogens with one attached hydrogen (secondary N) is 2. The van der Waals surface area contributed by atoms with Crippen LogP contribution >= 0.6 is 0 Å². The number of ether oxygens (including phenoxy) is 1. The number of anilines is 1. The number of carbonyl (C=O) groups excluding carboxylic acids is 1. The van der Waals surface area contributed by atoms with Crippen LogP contribution in [0.15, 0.2) is 113 Å². The van der Waals surface area contributed by atoms with Crippen molar-refractivity contribution in [2.75, 3.05) is 11.9 Å². The van der Waals surface area contributed by atoms with Crippen molar-refractivity contribution in [3.8, 4) is 5.88 Å². The quantitative estimate of drug-likeness (QED) is 0.108. The van der Waals surface area contributed by atoms with Crippen LogP contribution in [-0.4, -0.2) is 40.5 Å². The predicted molar refractivity (Wildman–Crippen MR) is 230 cm³/mol. The number of amides is 2. The average Bonchev–Trinajstić information content (AvgIpc) is 3.97. The summed E-state index contributed by atoms with van der Waals surface area (Å²) in [6.07, 6.45) is 6.26. The van der Waals surface area contributed by atoms with Gasteiger partial charge in [0.05, 0.1) is 12.7 Å². The van der Waals surface area contributed by atoms with E-state index in [2.05, 4.69) is 55.1 Å². The molecule has 11 heteroatoms. The maximum Gasteiger partial charge on any atom is 0.354 e. The van der Waals surface area contributed by atoms with Crippen LogP contribution in [0.4, 0.5) is 10.5 Å². The van der Waals surface area contributed by atoms with E-state index < -0.39 is 35.4 Å². The zero-order valence-electron chi connectivity index (χ0n) is 34.2. The molecule has 3 aliphatic rings. The second-order valence-corrected chi connectivity index (χ2v) is 24.6. The Balaban J connectivity index is 1.28. The first kappa shape index (κ1) is 39.3. The Labute approximate surface area is 339 Å². The monoisotopic (exact) mass is 801 g/mol. The molecule has 298 valence electrons. The molecule has 4 aromatic carbocycles. The molecule has 2 heterocycles. The van der Waals surface area contributed by atoms with Crippen molar-refractivity contribution >= 4 is 30.0 Å². The van der Waals surface area contributed by atoms with Gasteiger partial charge in [0.2, 0.25) is 5.88 Å². The fraction of sp³-hybridized carbons (Fsp3) is 0.391. The maximum atomic E-state index is 16.3. The largest absolute Gasteiger partial charge is 0.469 e. The molecule has 8 rings (SSSR count). The van der Waals surface area contributed by atoms with Crippen molar-refractivity contribution in [2.45, 2.75) is 113 Å². The Bertz CT molecular complexity index is 2320. The van der Waals surface area contributed by atoms with Crippen molar-refractivity contribution < 1.29 is 18.2 Å². The number of aryl methyl sites for hydroxylation is 2. The van der Waals surface area contributed by atoms with E-state index >= 15 is 4.21 Å². The number of nitrogens with zero attached hydrogens (tertiary/aromatic N) is 3. The van der Waals surface area contributed by atoms with Crippen LogP contribution in [0.3, 0.4) is 0 Å². The third-order valence-electron chi connectivity index (χ3n) is 12.5. The van der Waals surface area contributed by atoms with E-state index in [1.54, 1.807) is 4.68 Å². The van der Waals surface area contributed by atoms with Gasteiger partial charge in [-0.25, -0.2) is 18.4 Å². The fourth-order valence-corrected chi connectivity index (χ4v) is 11.5. The Morgan fingerprint density at radius 3 is 2.11 bits per heavy atom. The van der Waals surface area contributed by atoms with Gasteiger partial charge in [-0.1, -0.05) is 118 Å². The first-order valence-corrected chi connectivity index (χ1v) is 24.6. The molecule has 0 radical (unpaired) electrons. The van der Waals surface area contributed by atoms with Crippen molar-refractivity contribution in [3.05, 3.63) is 142 Å². The number of aromatic nitrogens is 2. The van der Waals surface area contributed by atoms with Gasteiger partial charge in [0, 0.05) is 18.2 Å². The second kappa shape index (κ2) is 14.7. The smallest absolute Gasteiger partial charge is 0.354 e. The van der Waals surface area contributed by atoms with Crippen molar-refractivity contribution in [1.29, 1.82) is 0 Å². The molecule has 2 atom stereocenters. The highest BCUT2D eigenvalue weighted by atomic mass is 32.2. The van der Waals surface area contributed by atoms with Crippen LogP contribution in [0.1, 0.15) is 92.3 Å². The van der Waals surface area contributed by atoms with E-state index in [0.717, 1.165) is 65.6 Å². The third-order valence-corrected chi connectivity index (χ3v) is 18.8. The standard InChI is InChI=1S/C46H55N5O4SSi/c1-44(2,3)57(6,7)54-30-34-27-26-33-28-32-18-17-25-38(32)41(40(33)34)48-43(52)49-56(53,39-29-47-51-31-45(4,5)55-42(39)51)50-46(35-19-11-8-12-20-35,36-21-13-9-14-22-36)37-23-15-10-16-24-37/h8-16,19-24,28-29,34H,17-18,25-27,30-31H2,1-7H3,(H2,48,49,50,52,53)/t34-,56?/m0/s1. The second-order valence-electron chi connectivity index (χ2n) is 18.0. The normalized spacial score (nSPS) is 18.3. The maximum absolute atomic E-state index is 16.3. The summed E-state index contributed by atoms with van der Waals surface area (Å²) in [6.45, 7) is 16.4. The first-order valence-electron chi connectivity index (χ1n) is 20.2. The summed E-state index contributed by atoms with van der Waals surface area (Å²) in [7, 11) is -5.90. The molecule has 0 bridgehead atoms. The lowest BCUT2D eigenvalue weighted by molar-refractivity contribution is 0.132. The third kappa shape index (κ3) is 7.28. The number of urea groups is 1. The van der Waals surface area contributed by atoms with E-state index in [1.807, 2.05) is 105 Å². The Kier molecular flexibility index (Phi) is 10.1. The topological polar surface area (TPSA) is 107 Å². The zero-order valence-corrected chi connectivity index (χ0v) is 36.0. The van der Waals surface area contributed by atoms with Gasteiger partial charge in [-0.2, -0.15) is 5.10 Å². The van der Waals surface area contributed by atoms with Gasteiger partial charge in [0.1, 0.15) is 16.0 Å². The lowest BCUT2D eigenvalue weighted by Crippen LogP contribution is -2.48. The summed E-state index contributed by atoms with van der Waals surface area (Å²) in [4.78, 5) is 15.0. The van der Waals surface area contributed by atoms with Crippen LogP contribution in [0.2, 0.25) is 18.1 Å². The molecule has 57 heavy (non-hydrogen) atoms. The Hall–Kier alpha value is -4.55. The number of hydrogen-bond acceptors (Lipinski definition) is 5. The molecule has 1 aromatic heterocycles. The molecule has 9 nitrogen and oxygen atoms in total. The van der Waals surface area contributed by atoms with Gasteiger partial charge >= 0.3 is 6.03 Å². The minimum atomic E-state index is -3.87. The molecule has 2 amide bonds. The summed E-state index contributed by atoms with van der Waals surface area (Å²) in [5.74, 6) is 0.468. The van der Waals surface area contributed by atoms with Crippen LogP contribution in [0.25, 0.3) is 0 Å². The van der Waals surface area contributed by atoms with Gasteiger partial charge in [-0.05, 0) is 103 Å². The lowest BCUT2D eigenvalue weighted by atomic mass is 9.78. The average molecular weight is 802 g/mol. The minimum Gasteiger partial charge on any atom is -0.469 e. The van der Waals surface area contributed by atoms with E-state index in [1.165, 1.54) is 17.3 Å². The Morgan fingerprint density at radius 2 is 1.53 bits per heavy atom. The first-order chi connectivity index (χ1) is 27.1. The van der Waals surface area contributed by atoms with Gasteiger partial charge in [0.15, 0.2) is 18.2 Å². The van der Waals surface area contributed by atoms with Crippen LogP contribution in [-0.2, 0) is 45.7 Å². The van der Waals surface area contributed by atoms with E-state index in [0.29, 0.717) is 19.0 Å². The number of rotatable bonds is 10. The number of carbonyl (C=O) groups is 1. The highest BCUT2D eigenvalue weighted by molar-refractivity contribution is 7.92.